The number of carbonyl (C=O) groups is 2. The average molecular weight is 392 g/mol. The summed E-state index contributed by atoms with van der Waals surface area (Å²) in [6.45, 7) is 1.67. The fraction of sp³-hybridized carbons (Fsp3) is 0.0500. The van der Waals surface area contributed by atoms with Gasteiger partial charge in [-0.2, -0.15) is 0 Å². The van der Waals surface area contributed by atoms with Crippen LogP contribution in [0, 0.1) is 22.4 Å². The molecule has 0 saturated carbocycles. The van der Waals surface area contributed by atoms with E-state index in [2.05, 4.69) is 0 Å². The first-order valence-corrected chi connectivity index (χ1v) is 8.37. The molecule has 0 aliphatic heterocycles. The minimum absolute atomic E-state index is 0.00364. The number of nitrogen functional groups attached to an aromatic ring is 1. The first-order chi connectivity index (χ1) is 13.7. The van der Waals surface area contributed by atoms with Crippen LogP contribution in [0.4, 0.5) is 5.69 Å². The van der Waals surface area contributed by atoms with E-state index in [9.17, 15) is 19.7 Å². The molecular formula is C20H16N4O5. The predicted octanol–water partition coefficient (Wildman–Crippen LogP) is 2.66. The number of non-ortho nitro benzene ring substituents is 1. The normalized spacial score (nSPS) is 10.5. The van der Waals surface area contributed by atoms with Crippen molar-refractivity contribution < 1.29 is 19.2 Å². The topological polar surface area (TPSA) is 162 Å². The van der Waals surface area contributed by atoms with Crippen molar-refractivity contribution in [1.29, 1.82) is 5.41 Å². The molecule has 0 aromatic heterocycles. The number of amides is 1. The summed E-state index contributed by atoms with van der Waals surface area (Å²) in [5, 5.41) is 19.6. The Bertz CT molecular complexity index is 1190. The van der Waals surface area contributed by atoms with Gasteiger partial charge in [-0.1, -0.05) is 12.1 Å². The van der Waals surface area contributed by atoms with Crippen LogP contribution < -0.4 is 16.2 Å². The lowest BCUT2D eigenvalue weighted by Gasteiger charge is -2.14. The molecule has 1 amide bonds. The Hall–Kier alpha value is -4.27. The minimum atomic E-state index is -0.797. The first-order valence-electron chi connectivity index (χ1n) is 8.37. The second-order valence-corrected chi connectivity index (χ2v) is 6.29. The van der Waals surface area contributed by atoms with Gasteiger partial charge in [0, 0.05) is 23.3 Å². The van der Waals surface area contributed by atoms with Gasteiger partial charge in [0.15, 0.2) is 0 Å². The van der Waals surface area contributed by atoms with E-state index in [0.717, 1.165) is 0 Å². The van der Waals surface area contributed by atoms with Gasteiger partial charge in [-0.15, -0.1) is 0 Å². The molecule has 0 aliphatic carbocycles. The molecular weight excluding hydrogens is 376 g/mol. The molecule has 29 heavy (non-hydrogen) atoms. The van der Waals surface area contributed by atoms with Gasteiger partial charge in [0.2, 0.25) is 0 Å². The summed E-state index contributed by atoms with van der Waals surface area (Å²) in [6, 6.07) is 11.3. The van der Waals surface area contributed by atoms with Crippen LogP contribution >= 0.6 is 0 Å². The molecule has 3 aromatic rings. The number of ether oxygens (including phenoxy) is 1. The zero-order chi connectivity index (χ0) is 21.3. The highest BCUT2D eigenvalue weighted by molar-refractivity contribution is 6.06. The van der Waals surface area contributed by atoms with E-state index in [0.29, 0.717) is 21.9 Å². The van der Waals surface area contributed by atoms with Gasteiger partial charge in [-0.25, -0.2) is 4.79 Å². The second-order valence-electron chi connectivity index (χ2n) is 6.29. The number of nitrogens with one attached hydrogen (secondary N) is 1. The highest BCUT2D eigenvalue weighted by atomic mass is 16.6. The number of hydrogen-bond acceptors (Lipinski definition) is 6. The molecule has 0 saturated heterocycles. The van der Waals surface area contributed by atoms with Crippen LogP contribution in [-0.2, 0) is 0 Å². The molecule has 0 bridgehead atoms. The summed E-state index contributed by atoms with van der Waals surface area (Å²) in [6.07, 6.45) is 0. The maximum Gasteiger partial charge on any atom is 0.343 e. The number of fused-ring (bicyclic) bond motifs is 1. The molecule has 9 heteroatoms. The maximum absolute atomic E-state index is 12.5. The molecule has 0 heterocycles. The molecule has 0 atom stereocenters. The van der Waals surface area contributed by atoms with Crippen LogP contribution in [0.3, 0.4) is 0 Å². The lowest BCUT2D eigenvalue weighted by atomic mass is 9.97. The Morgan fingerprint density at radius 1 is 1.03 bits per heavy atom. The van der Waals surface area contributed by atoms with Crippen LogP contribution in [0.2, 0.25) is 0 Å². The molecule has 3 rings (SSSR count). The number of hydrogen-bond donors (Lipinski definition) is 3. The maximum atomic E-state index is 12.5. The standard InChI is InChI=1S/C20H16N4O5/c1-10-15-7-4-12(18(21)22)8-13(15)9-16(19(23)25)17(10)29-20(26)11-2-5-14(6-3-11)24(27)28/h2-9H,1H3,(H3,21,22)(H2,23,25). The number of esters is 1. The summed E-state index contributed by atoms with van der Waals surface area (Å²) in [5.74, 6) is -1.71. The monoisotopic (exact) mass is 392 g/mol. The first kappa shape index (κ1) is 19.5. The third-order valence-corrected chi connectivity index (χ3v) is 4.43. The number of primary amides is 1. The Morgan fingerprint density at radius 3 is 2.21 bits per heavy atom. The minimum Gasteiger partial charge on any atom is -0.422 e. The van der Waals surface area contributed by atoms with Crippen LogP contribution in [-0.4, -0.2) is 22.6 Å². The van der Waals surface area contributed by atoms with Gasteiger partial charge in [0.1, 0.15) is 11.6 Å². The van der Waals surface area contributed by atoms with Gasteiger partial charge in [0.05, 0.1) is 16.1 Å². The molecule has 5 N–H and O–H groups in total. The van der Waals surface area contributed by atoms with Gasteiger partial charge in [-0.3, -0.25) is 20.3 Å². The number of carbonyl (C=O) groups excluding carboxylic acids is 2. The molecule has 0 fully saturated rings. The van der Waals surface area contributed by atoms with E-state index < -0.39 is 16.8 Å². The number of nitro groups is 1. The Balaban J connectivity index is 2.06. The molecule has 0 unspecified atom stereocenters. The number of amidine groups is 1. The summed E-state index contributed by atoms with van der Waals surface area (Å²) < 4.78 is 5.43. The number of nitro benzene ring substituents is 1. The van der Waals surface area contributed by atoms with Gasteiger partial charge < -0.3 is 16.2 Å². The van der Waals surface area contributed by atoms with Gasteiger partial charge in [-0.05, 0) is 42.0 Å². The van der Waals surface area contributed by atoms with Crippen molar-refractivity contribution >= 4 is 34.2 Å². The number of aryl methyl sites for hydroxylation is 1. The second kappa shape index (κ2) is 7.39. The lowest BCUT2D eigenvalue weighted by molar-refractivity contribution is -0.384. The van der Waals surface area contributed by atoms with E-state index >= 15 is 0 Å². The number of nitrogens with zero attached hydrogens (tertiary/aromatic N) is 1. The largest absolute Gasteiger partial charge is 0.422 e. The zero-order valence-corrected chi connectivity index (χ0v) is 15.3. The summed E-state index contributed by atoms with van der Waals surface area (Å²) in [4.78, 5) is 34.6. The molecule has 0 radical (unpaired) electrons. The van der Waals surface area contributed by atoms with Gasteiger partial charge >= 0.3 is 5.97 Å². The van der Waals surface area contributed by atoms with Crippen molar-refractivity contribution in [2.24, 2.45) is 11.5 Å². The van der Waals surface area contributed by atoms with Crippen LogP contribution in [0.5, 0.6) is 5.75 Å². The van der Waals surface area contributed by atoms with Gasteiger partial charge in [0.25, 0.3) is 11.6 Å². The Morgan fingerprint density at radius 2 is 1.66 bits per heavy atom. The predicted molar refractivity (Wildman–Crippen MR) is 106 cm³/mol. The SMILES string of the molecule is Cc1c(OC(=O)c2ccc([N+](=O)[O-])cc2)c(C(N)=O)cc2cc(C(=N)N)ccc12. The summed E-state index contributed by atoms with van der Waals surface area (Å²) >= 11 is 0. The fourth-order valence-corrected chi connectivity index (χ4v) is 2.92. The van der Waals surface area contributed by atoms with Crippen molar-refractivity contribution in [2.45, 2.75) is 6.92 Å². The van der Waals surface area contributed by atoms with E-state index in [1.165, 1.54) is 30.3 Å². The number of benzene rings is 3. The highest BCUT2D eigenvalue weighted by Crippen LogP contribution is 2.33. The Labute approximate surface area is 164 Å². The van der Waals surface area contributed by atoms with E-state index in [4.69, 9.17) is 21.6 Å². The molecule has 146 valence electrons. The fourth-order valence-electron chi connectivity index (χ4n) is 2.92. The quantitative estimate of drug-likeness (QED) is 0.151. The van der Waals surface area contributed by atoms with E-state index in [1.807, 2.05) is 0 Å². The lowest BCUT2D eigenvalue weighted by Crippen LogP contribution is -2.17. The summed E-state index contributed by atoms with van der Waals surface area (Å²) in [7, 11) is 0. The molecule has 3 aromatic carbocycles. The van der Waals surface area contributed by atoms with Crippen molar-refractivity contribution in [1.82, 2.24) is 0 Å². The van der Waals surface area contributed by atoms with E-state index in [-0.39, 0.29) is 28.4 Å². The third kappa shape index (κ3) is 3.74. The summed E-state index contributed by atoms with van der Waals surface area (Å²) in [5.41, 5.74) is 11.9. The van der Waals surface area contributed by atoms with Crippen LogP contribution in [0.15, 0.2) is 48.5 Å². The number of nitrogens with two attached hydrogens (primary N) is 2. The van der Waals surface area contributed by atoms with Crippen molar-refractivity contribution in [3.8, 4) is 5.75 Å². The zero-order valence-electron chi connectivity index (χ0n) is 15.3. The van der Waals surface area contributed by atoms with Crippen LogP contribution in [0.25, 0.3) is 10.8 Å². The third-order valence-electron chi connectivity index (χ3n) is 4.43. The van der Waals surface area contributed by atoms with Crippen molar-refractivity contribution in [3.63, 3.8) is 0 Å². The molecule has 0 aliphatic rings. The van der Waals surface area contributed by atoms with E-state index in [1.54, 1.807) is 25.1 Å². The van der Waals surface area contributed by atoms with Crippen LogP contribution in [0.1, 0.15) is 31.8 Å². The molecule has 9 nitrogen and oxygen atoms in total. The highest BCUT2D eigenvalue weighted by Gasteiger charge is 2.20. The molecule has 0 spiro atoms. The Kier molecular flexibility index (Phi) is 4.97. The van der Waals surface area contributed by atoms with Crippen molar-refractivity contribution in [2.75, 3.05) is 0 Å². The number of rotatable bonds is 5. The van der Waals surface area contributed by atoms with Crippen molar-refractivity contribution in [3.05, 3.63) is 80.9 Å². The smallest absolute Gasteiger partial charge is 0.343 e. The average Bonchev–Trinajstić information content (AvgIpc) is 2.69.